The van der Waals surface area contributed by atoms with E-state index in [-0.39, 0.29) is 18.5 Å². The van der Waals surface area contributed by atoms with E-state index in [2.05, 4.69) is 26.0 Å². The number of allylic oxidation sites excluding steroid dienone is 2. The summed E-state index contributed by atoms with van der Waals surface area (Å²) in [7, 11) is 0. The van der Waals surface area contributed by atoms with Crippen molar-refractivity contribution in [2.75, 3.05) is 0 Å². The van der Waals surface area contributed by atoms with Crippen LogP contribution in [-0.2, 0) is 14.3 Å². The Bertz CT molecular complexity index is 543. The van der Waals surface area contributed by atoms with Crippen molar-refractivity contribution in [3.8, 4) is 0 Å². The molecule has 4 nitrogen and oxygen atoms in total. The molecule has 0 radical (unpaired) electrons. The van der Waals surface area contributed by atoms with Crippen LogP contribution in [0.1, 0.15) is 187 Å². The summed E-state index contributed by atoms with van der Waals surface area (Å²) in [5, 5.41) is 8.77. The van der Waals surface area contributed by atoms with E-state index in [4.69, 9.17) is 9.84 Å². The summed E-state index contributed by atoms with van der Waals surface area (Å²) in [6, 6.07) is 0. The lowest BCUT2D eigenvalue weighted by atomic mass is 10.0. The van der Waals surface area contributed by atoms with Crippen molar-refractivity contribution in [3.63, 3.8) is 0 Å². The van der Waals surface area contributed by atoms with Crippen LogP contribution in [0.15, 0.2) is 12.2 Å². The summed E-state index contributed by atoms with van der Waals surface area (Å²) < 4.78 is 5.93. The van der Waals surface area contributed by atoms with E-state index in [1.54, 1.807) is 0 Å². The predicted octanol–water partition coefficient (Wildman–Crippen LogP) is 11.1. The van der Waals surface area contributed by atoms with Gasteiger partial charge in [0, 0.05) is 12.8 Å². The molecule has 38 heavy (non-hydrogen) atoms. The van der Waals surface area contributed by atoms with Crippen LogP contribution in [0, 0.1) is 0 Å². The number of unbranched alkanes of at least 4 members (excludes halogenated alkanes) is 19. The molecule has 0 saturated carbocycles. The Morgan fingerprint density at radius 3 is 1.53 bits per heavy atom. The fourth-order valence-corrected chi connectivity index (χ4v) is 5.01. The first-order chi connectivity index (χ1) is 18.6. The van der Waals surface area contributed by atoms with Crippen molar-refractivity contribution >= 4 is 11.9 Å². The highest BCUT2D eigenvalue weighted by Crippen LogP contribution is 2.18. The maximum Gasteiger partial charge on any atom is 0.306 e. The fourth-order valence-electron chi connectivity index (χ4n) is 5.01. The van der Waals surface area contributed by atoms with Crippen LogP contribution >= 0.6 is 0 Å². The minimum absolute atomic E-state index is 0.0157. The molecule has 0 aromatic heterocycles. The molecule has 0 saturated heterocycles. The smallest absolute Gasteiger partial charge is 0.306 e. The first-order valence-electron chi connectivity index (χ1n) is 16.7. The molecule has 0 aromatic rings. The molecule has 0 amide bonds. The highest BCUT2D eigenvalue weighted by atomic mass is 16.5. The van der Waals surface area contributed by atoms with Crippen LogP contribution in [0.3, 0.4) is 0 Å². The number of rotatable bonds is 30. The van der Waals surface area contributed by atoms with Crippen molar-refractivity contribution in [2.24, 2.45) is 0 Å². The average molecular weight is 537 g/mol. The van der Waals surface area contributed by atoms with Gasteiger partial charge in [0.25, 0.3) is 0 Å². The van der Waals surface area contributed by atoms with E-state index < -0.39 is 5.97 Å². The number of hydrogen-bond donors (Lipinski definition) is 1. The number of hydrogen-bond acceptors (Lipinski definition) is 3. The van der Waals surface area contributed by atoms with Crippen LogP contribution in [0.5, 0.6) is 0 Å². The second-order valence-corrected chi connectivity index (χ2v) is 11.3. The van der Waals surface area contributed by atoms with Gasteiger partial charge in [-0.05, 0) is 57.8 Å². The Hall–Kier alpha value is -1.32. The summed E-state index contributed by atoms with van der Waals surface area (Å²) in [4.78, 5) is 23.2. The minimum Gasteiger partial charge on any atom is -0.481 e. The quantitative estimate of drug-likeness (QED) is 0.0563. The Balaban J connectivity index is 4.12. The Morgan fingerprint density at radius 2 is 0.974 bits per heavy atom. The molecular weight excluding hydrogens is 472 g/mol. The number of ether oxygens (including phenoxy) is 1. The summed E-state index contributed by atoms with van der Waals surface area (Å²) in [6.45, 7) is 4.52. The third-order valence-electron chi connectivity index (χ3n) is 7.49. The van der Waals surface area contributed by atoms with Gasteiger partial charge >= 0.3 is 11.9 Å². The third kappa shape index (κ3) is 29.2. The highest BCUT2D eigenvalue weighted by Gasteiger charge is 2.14. The standard InChI is InChI=1S/C34H64O4/c1-3-5-7-9-11-13-14-16-17-20-24-28-32(29-25-21-19-22-26-30-33(35)36)38-34(37)31-27-23-18-15-12-10-8-6-4-2/h16-17,32H,3-15,18-31H2,1-2H3,(H,35,36)/b17-16-. The SMILES string of the molecule is CCCCCCCC/C=C\CCCC(CCCCCCCC(=O)O)OC(=O)CCCCCCCCCCC. The number of carbonyl (C=O) groups is 2. The van der Waals surface area contributed by atoms with Crippen molar-refractivity contribution in [1.82, 2.24) is 0 Å². The largest absolute Gasteiger partial charge is 0.481 e. The Kier molecular flexibility index (Phi) is 29.2. The van der Waals surface area contributed by atoms with E-state index in [0.29, 0.717) is 6.42 Å². The van der Waals surface area contributed by atoms with Gasteiger partial charge in [0.2, 0.25) is 0 Å². The van der Waals surface area contributed by atoms with Gasteiger partial charge in [-0.25, -0.2) is 0 Å². The highest BCUT2D eigenvalue weighted by molar-refractivity contribution is 5.69. The van der Waals surface area contributed by atoms with E-state index in [0.717, 1.165) is 70.6 Å². The van der Waals surface area contributed by atoms with Gasteiger partial charge in [0.05, 0.1) is 0 Å². The lowest BCUT2D eigenvalue weighted by molar-refractivity contribution is -0.150. The summed E-state index contributed by atoms with van der Waals surface area (Å²) >= 11 is 0. The molecule has 4 heteroatoms. The maximum atomic E-state index is 12.5. The predicted molar refractivity (Wildman–Crippen MR) is 163 cm³/mol. The molecule has 224 valence electrons. The second kappa shape index (κ2) is 30.2. The number of esters is 1. The van der Waals surface area contributed by atoms with E-state index >= 15 is 0 Å². The van der Waals surface area contributed by atoms with Gasteiger partial charge in [-0.15, -0.1) is 0 Å². The third-order valence-corrected chi connectivity index (χ3v) is 7.49. The molecule has 0 aliphatic rings. The van der Waals surface area contributed by atoms with Gasteiger partial charge in [-0.2, -0.15) is 0 Å². The van der Waals surface area contributed by atoms with Gasteiger partial charge in [-0.1, -0.05) is 129 Å². The van der Waals surface area contributed by atoms with Crippen LogP contribution < -0.4 is 0 Å². The summed E-state index contributed by atoms with van der Waals surface area (Å²) in [6.07, 6.45) is 35.0. The summed E-state index contributed by atoms with van der Waals surface area (Å²) in [5.74, 6) is -0.719. The molecule has 1 unspecified atom stereocenters. The molecule has 0 rings (SSSR count). The Morgan fingerprint density at radius 1 is 0.553 bits per heavy atom. The van der Waals surface area contributed by atoms with Crippen LogP contribution in [0.2, 0.25) is 0 Å². The van der Waals surface area contributed by atoms with Crippen LogP contribution in [0.4, 0.5) is 0 Å². The molecule has 0 aromatic carbocycles. The first kappa shape index (κ1) is 36.7. The number of carboxylic acids is 1. The molecule has 1 atom stereocenters. The average Bonchev–Trinajstić information content (AvgIpc) is 2.89. The molecule has 0 bridgehead atoms. The topological polar surface area (TPSA) is 63.6 Å². The summed E-state index contributed by atoms with van der Waals surface area (Å²) in [5.41, 5.74) is 0. The van der Waals surface area contributed by atoms with E-state index in [1.807, 2.05) is 0 Å². The van der Waals surface area contributed by atoms with Gasteiger partial charge < -0.3 is 9.84 Å². The van der Waals surface area contributed by atoms with Gasteiger partial charge in [0.15, 0.2) is 0 Å². The molecule has 0 fully saturated rings. The maximum absolute atomic E-state index is 12.5. The zero-order valence-electron chi connectivity index (χ0n) is 25.5. The Labute approximate surface area is 236 Å². The second-order valence-electron chi connectivity index (χ2n) is 11.3. The monoisotopic (exact) mass is 536 g/mol. The normalized spacial score (nSPS) is 12.3. The molecule has 0 spiro atoms. The van der Waals surface area contributed by atoms with E-state index in [1.165, 1.54) is 89.9 Å². The number of aliphatic carboxylic acids is 1. The van der Waals surface area contributed by atoms with Gasteiger partial charge in [-0.3, -0.25) is 9.59 Å². The number of carbonyl (C=O) groups excluding carboxylic acids is 1. The lowest BCUT2D eigenvalue weighted by Gasteiger charge is -2.18. The van der Waals surface area contributed by atoms with Crippen molar-refractivity contribution in [3.05, 3.63) is 12.2 Å². The van der Waals surface area contributed by atoms with Crippen molar-refractivity contribution in [1.29, 1.82) is 0 Å². The first-order valence-corrected chi connectivity index (χ1v) is 16.7. The molecule has 0 aliphatic heterocycles. The van der Waals surface area contributed by atoms with E-state index in [9.17, 15) is 9.59 Å². The van der Waals surface area contributed by atoms with Crippen LogP contribution in [-0.4, -0.2) is 23.1 Å². The molecular formula is C34H64O4. The molecule has 0 heterocycles. The number of carboxylic acid groups (broad SMARTS) is 1. The van der Waals surface area contributed by atoms with Crippen LogP contribution in [0.25, 0.3) is 0 Å². The molecule has 0 aliphatic carbocycles. The molecule has 1 N–H and O–H groups in total. The zero-order chi connectivity index (χ0) is 27.9. The lowest BCUT2D eigenvalue weighted by Crippen LogP contribution is -2.18. The van der Waals surface area contributed by atoms with Crippen molar-refractivity contribution < 1.29 is 19.4 Å². The fraction of sp³-hybridized carbons (Fsp3) is 0.882. The van der Waals surface area contributed by atoms with Crippen molar-refractivity contribution in [2.45, 2.75) is 193 Å². The minimum atomic E-state index is -0.704. The zero-order valence-corrected chi connectivity index (χ0v) is 25.5. The van der Waals surface area contributed by atoms with Gasteiger partial charge in [0.1, 0.15) is 6.10 Å².